The van der Waals surface area contributed by atoms with Crippen LogP contribution in [0.5, 0.6) is 0 Å². The van der Waals surface area contributed by atoms with Crippen molar-refractivity contribution < 1.29 is 71.2 Å². The largest absolute Gasteiger partial charge is 0.460 e. The molecule has 16 nitrogen and oxygen atoms in total. The van der Waals surface area contributed by atoms with Gasteiger partial charge in [0.05, 0.1) is 31.0 Å². The van der Waals surface area contributed by atoms with Crippen molar-refractivity contribution in [3.8, 4) is 0 Å². The zero-order chi connectivity index (χ0) is 54.3. The Labute approximate surface area is 436 Å². The number of amides is 1. The van der Waals surface area contributed by atoms with Gasteiger partial charge in [0.1, 0.15) is 13.2 Å². The molecule has 3 aliphatic heterocycles. The maximum absolute atomic E-state index is 10.6. The summed E-state index contributed by atoms with van der Waals surface area (Å²) in [5, 5.41) is 0. The van der Waals surface area contributed by atoms with Crippen molar-refractivity contribution in [3.63, 3.8) is 0 Å². The molecule has 0 bridgehead atoms. The number of unbranched alkanes of at least 4 members (excludes halogenated alkanes) is 1. The summed E-state index contributed by atoms with van der Waals surface area (Å²) in [7, 11) is 15.4. The van der Waals surface area contributed by atoms with Gasteiger partial charge >= 0.3 is 11.9 Å². The van der Waals surface area contributed by atoms with Crippen LogP contribution in [0.2, 0.25) is 0 Å². The summed E-state index contributed by atoms with van der Waals surface area (Å²) < 4.78 is 58.7. The number of carbonyl (C=O) groups excluding carboxylic acids is 3. The minimum Gasteiger partial charge on any atom is -0.460 e. The Morgan fingerprint density at radius 1 is 0.648 bits per heavy atom. The van der Waals surface area contributed by atoms with Gasteiger partial charge in [0, 0.05) is 115 Å². The summed E-state index contributed by atoms with van der Waals surface area (Å²) in [6.07, 6.45) is 24.5. The molecule has 5 aliphatic rings. The molecule has 0 spiro atoms. The van der Waals surface area contributed by atoms with Crippen LogP contribution in [0.15, 0.2) is 24.8 Å². The number of likely N-dealkylation sites (tertiary alicyclic amines) is 1. The summed E-state index contributed by atoms with van der Waals surface area (Å²) in [4.78, 5) is 33.2. The van der Waals surface area contributed by atoms with E-state index >= 15 is 0 Å². The minimum atomic E-state index is -0.410. The SMILES string of the molecule is C.C=C(C)C(=O)OCCOC.C=CC(=O)OCCOC.CC.CCCCOC.CN1CCCC1=O.COC(C)(C)C.COC1CCCC1.COC1CCCCC1.COC1CCCCO1.COC1CCCO1. The Balaban J connectivity index is -0.000000167. The van der Waals surface area contributed by atoms with E-state index in [-0.39, 0.29) is 31.6 Å². The molecule has 2 aliphatic carbocycles. The predicted octanol–water partition coefficient (Wildman–Crippen LogP) is 11.3. The fourth-order valence-electron chi connectivity index (χ4n) is 5.75. The lowest BCUT2D eigenvalue weighted by molar-refractivity contribution is -0.145. The van der Waals surface area contributed by atoms with Crippen LogP contribution >= 0.6 is 0 Å². The fraction of sp³-hybridized carbons (Fsp3) is 0.873. The average molecular weight is 1030 g/mol. The summed E-state index contributed by atoms with van der Waals surface area (Å²) in [6.45, 7) is 25.5. The number of esters is 2. The van der Waals surface area contributed by atoms with Crippen LogP contribution in [0.3, 0.4) is 0 Å². The van der Waals surface area contributed by atoms with Gasteiger partial charge in [-0.25, -0.2) is 9.59 Å². The Hall–Kier alpha value is -2.51. The van der Waals surface area contributed by atoms with Crippen molar-refractivity contribution in [3.05, 3.63) is 24.8 Å². The first kappa shape index (κ1) is 79.9. The van der Waals surface area contributed by atoms with Crippen molar-refractivity contribution in [2.75, 3.05) is 117 Å². The lowest BCUT2D eigenvalue weighted by Crippen LogP contribution is -2.20. The maximum atomic E-state index is 10.6. The Kier molecular flexibility index (Phi) is 69.5. The Morgan fingerprint density at radius 3 is 1.32 bits per heavy atom. The van der Waals surface area contributed by atoms with Crippen LogP contribution in [0, 0.1) is 0 Å². The number of ether oxygens (including phenoxy) is 12. The molecule has 2 atom stereocenters. The number of carbonyl (C=O) groups is 3. The van der Waals surface area contributed by atoms with Crippen LogP contribution in [-0.2, 0) is 71.2 Å². The quantitative estimate of drug-likeness (QED) is 0.0863. The summed E-state index contributed by atoms with van der Waals surface area (Å²) >= 11 is 0. The molecule has 0 aromatic heterocycles. The van der Waals surface area contributed by atoms with E-state index in [0.29, 0.717) is 50.1 Å². The topological polar surface area (TPSA) is 165 Å². The van der Waals surface area contributed by atoms with Gasteiger partial charge < -0.3 is 61.7 Å². The summed E-state index contributed by atoms with van der Waals surface area (Å²) in [6, 6.07) is 0. The molecule has 3 saturated heterocycles. The zero-order valence-corrected chi connectivity index (χ0v) is 47.8. The molecule has 5 rings (SSSR count). The van der Waals surface area contributed by atoms with Crippen LogP contribution < -0.4 is 0 Å². The van der Waals surface area contributed by atoms with E-state index in [1.54, 1.807) is 61.6 Å². The Morgan fingerprint density at radius 2 is 1.07 bits per heavy atom. The lowest BCUT2D eigenvalue weighted by atomic mass is 9.98. The average Bonchev–Trinajstić information content (AvgIpc) is 4.21. The van der Waals surface area contributed by atoms with Crippen molar-refractivity contribution >= 4 is 17.8 Å². The molecule has 0 N–H and O–H groups in total. The van der Waals surface area contributed by atoms with Crippen molar-refractivity contribution in [1.82, 2.24) is 4.90 Å². The third-order valence-electron chi connectivity index (χ3n) is 10.3. The number of hydrogen-bond acceptors (Lipinski definition) is 15. The van der Waals surface area contributed by atoms with E-state index in [9.17, 15) is 14.4 Å². The van der Waals surface area contributed by atoms with Gasteiger partial charge in [-0.15, -0.1) is 0 Å². The third kappa shape index (κ3) is 63.5. The van der Waals surface area contributed by atoms with Crippen LogP contribution in [0.4, 0.5) is 0 Å². The molecule has 0 aromatic carbocycles. The summed E-state index contributed by atoms with van der Waals surface area (Å²) in [5.41, 5.74) is 0.455. The van der Waals surface area contributed by atoms with Gasteiger partial charge in [-0.1, -0.05) is 79.9 Å². The number of nitrogens with zero attached hydrogens (tertiary/aromatic N) is 1. The molecule has 0 aromatic rings. The molecular weight excluding hydrogens is 915 g/mol. The molecular formula is C55H113NO15. The second-order valence-electron chi connectivity index (χ2n) is 17.2. The van der Waals surface area contributed by atoms with E-state index in [1.165, 1.54) is 83.5 Å². The van der Waals surface area contributed by atoms with E-state index in [1.807, 2.05) is 48.8 Å². The van der Waals surface area contributed by atoms with Gasteiger partial charge in [-0.3, -0.25) is 4.79 Å². The fourth-order valence-corrected chi connectivity index (χ4v) is 5.75. The molecule has 0 radical (unpaired) electrons. The highest BCUT2D eigenvalue weighted by Crippen LogP contribution is 2.20. The lowest BCUT2D eigenvalue weighted by Gasteiger charge is -2.20. The molecule has 71 heavy (non-hydrogen) atoms. The predicted molar refractivity (Wildman–Crippen MR) is 289 cm³/mol. The highest BCUT2D eigenvalue weighted by molar-refractivity contribution is 5.86. The van der Waals surface area contributed by atoms with E-state index in [2.05, 4.69) is 39.0 Å². The maximum Gasteiger partial charge on any atom is 0.333 e. The number of methoxy groups -OCH3 is 8. The first-order valence-corrected chi connectivity index (χ1v) is 25.7. The standard InChI is InChI=1S/C7H12O3.C7H14O.C6H10O3.C6H12O2.C6H12O.C5H9NO.C5H10O2.2C5H12O.C2H6.CH4/c1-6(2)7(8)10-5-4-9-3;1-8-7-5-3-2-4-6-7;1-3-6(7)9-5-4-8-2;1-7-6-4-2-3-5-8-6;1-7-6-4-2-3-5-6;1-6-4-2-3-5(6)7;1-6-5-3-2-4-7-5;1-5(2,3)6-4;1-3-4-5-6-2;1-2;/h1,4-5H2,2-3H3;7H,2-6H2,1H3;3H,1,4-5H2,2H3;6H,2-5H2,1H3;6H,2-5H2,1H3;2-4H2,1H3;5H,2-4H2,1H3;1-4H3;3-5H2,1-2H3;1-2H3;1H4. The normalized spacial score (nSPS) is 17.8. The third-order valence-corrected chi connectivity index (χ3v) is 10.3. The second-order valence-corrected chi connectivity index (χ2v) is 17.2. The van der Waals surface area contributed by atoms with Gasteiger partial charge in [0.25, 0.3) is 0 Å². The highest BCUT2D eigenvalue weighted by Gasteiger charge is 2.15. The molecule has 428 valence electrons. The monoisotopic (exact) mass is 1030 g/mol. The zero-order valence-electron chi connectivity index (χ0n) is 47.8. The van der Waals surface area contributed by atoms with Crippen LogP contribution in [0.25, 0.3) is 0 Å². The van der Waals surface area contributed by atoms with E-state index in [4.69, 9.17) is 37.9 Å². The Bertz CT molecular complexity index is 1080. The van der Waals surface area contributed by atoms with E-state index in [0.717, 1.165) is 64.5 Å². The van der Waals surface area contributed by atoms with Gasteiger partial charge in [-0.05, 0) is 91.9 Å². The molecule has 1 amide bonds. The molecule has 2 unspecified atom stereocenters. The summed E-state index contributed by atoms with van der Waals surface area (Å²) in [5.74, 6) is -0.482. The first-order valence-electron chi connectivity index (χ1n) is 25.7. The minimum absolute atomic E-state index is 0. The highest BCUT2D eigenvalue weighted by atomic mass is 16.7. The van der Waals surface area contributed by atoms with Crippen molar-refractivity contribution in [2.45, 2.75) is 202 Å². The molecule has 5 fully saturated rings. The molecule has 3 heterocycles. The van der Waals surface area contributed by atoms with Crippen LogP contribution in [0.1, 0.15) is 171 Å². The van der Waals surface area contributed by atoms with Crippen LogP contribution in [-0.4, -0.2) is 170 Å². The van der Waals surface area contributed by atoms with Crippen molar-refractivity contribution in [1.29, 1.82) is 0 Å². The first-order chi connectivity index (χ1) is 33.5. The number of hydrogen-bond donors (Lipinski definition) is 0. The second kappa shape index (κ2) is 61.8. The smallest absolute Gasteiger partial charge is 0.333 e. The number of rotatable bonds is 15. The molecule has 16 heteroatoms. The van der Waals surface area contributed by atoms with Gasteiger partial charge in [0.2, 0.25) is 5.91 Å². The van der Waals surface area contributed by atoms with Crippen molar-refractivity contribution in [2.24, 2.45) is 0 Å². The van der Waals surface area contributed by atoms with Gasteiger partial charge in [-0.2, -0.15) is 0 Å². The molecule has 2 saturated carbocycles. The van der Waals surface area contributed by atoms with Gasteiger partial charge in [0.15, 0.2) is 12.6 Å². The van der Waals surface area contributed by atoms with E-state index < -0.39 is 5.97 Å².